The molecule has 1 aromatic carbocycles. The summed E-state index contributed by atoms with van der Waals surface area (Å²) in [6.07, 6.45) is 7.23. The third-order valence-electron chi connectivity index (χ3n) is 4.13. The molecule has 1 aliphatic carbocycles. The molecule has 20 heavy (non-hydrogen) atoms. The van der Waals surface area contributed by atoms with Crippen molar-refractivity contribution in [2.24, 2.45) is 11.5 Å². The van der Waals surface area contributed by atoms with Gasteiger partial charge in [-0.15, -0.1) is 0 Å². The fourth-order valence-electron chi connectivity index (χ4n) is 2.76. The Bertz CT molecular complexity index is 431. The van der Waals surface area contributed by atoms with Crippen LogP contribution in [0.15, 0.2) is 30.3 Å². The highest BCUT2D eigenvalue weighted by Crippen LogP contribution is 2.31. The van der Waals surface area contributed by atoms with Gasteiger partial charge < -0.3 is 11.5 Å². The van der Waals surface area contributed by atoms with Gasteiger partial charge in [0.05, 0.1) is 0 Å². The third-order valence-corrected chi connectivity index (χ3v) is 5.51. The van der Waals surface area contributed by atoms with Crippen molar-refractivity contribution in [3.63, 3.8) is 0 Å². The van der Waals surface area contributed by atoms with Gasteiger partial charge in [-0.2, -0.15) is 11.8 Å². The van der Waals surface area contributed by atoms with Crippen LogP contribution in [-0.4, -0.2) is 16.9 Å². The SMILES string of the molecule is NC(=O)C(N)(CCSC1CCCCC1)c1ccccc1. The van der Waals surface area contributed by atoms with E-state index in [0.29, 0.717) is 6.42 Å². The molecule has 0 bridgehead atoms. The molecule has 0 aromatic heterocycles. The molecular weight excluding hydrogens is 268 g/mol. The van der Waals surface area contributed by atoms with E-state index in [0.717, 1.165) is 16.6 Å². The Morgan fingerprint density at radius 1 is 1.20 bits per heavy atom. The van der Waals surface area contributed by atoms with Crippen LogP contribution in [0.4, 0.5) is 0 Å². The minimum atomic E-state index is -1.04. The maximum atomic E-state index is 11.8. The van der Waals surface area contributed by atoms with Crippen molar-refractivity contribution in [1.29, 1.82) is 0 Å². The summed E-state index contributed by atoms with van der Waals surface area (Å²) in [6.45, 7) is 0. The summed E-state index contributed by atoms with van der Waals surface area (Å²) in [5.74, 6) is 0.451. The fraction of sp³-hybridized carbons (Fsp3) is 0.562. The van der Waals surface area contributed by atoms with E-state index in [9.17, 15) is 4.79 Å². The number of hydrogen-bond donors (Lipinski definition) is 2. The van der Waals surface area contributed by atoms with Crippen LogP contribution in [-0.2, 0) is 10.3 Å². The van der Waals surface area contributed by atoms with Crippen LogP contribution in [0.3, 0.4) is 0 Å². The van der Waals surface area contributed by atoms with Gasteiger partial charge in [-0.3, -0.25) is 4.79 Å². The summed E-state index contributed by atoms with van der Waals surface area (Å²) in [4.78, 5) is 11.8. The average Bonchev–Trinajstić information content (AvgIpc) is 2.49. The molecule has 4 N–H and O–H groups in total. The zero-order valence-electron chi connectivity index (χ0n) is 11.9. The van der Waals surface area contributed by atoms with E-state index in [1.807, 2.05) is 42.1 Å². The molecule has 3 nitrogen and oxygen atoms in total. The van der Waals surface area contributed by atoms with E-state index in [-0.39, 0.29) is 0 Å². The van der Waals surface area contributed by atoms with Gasteiger partial charge in [0.2, 0.25) is 5.91 Å². The number of carbonyl (C=O) groups excluding carboxylic acids is 1. The lowest BCUT2D eigenvalue weighted by Crippen LogP contribution is -2.49. The molecule has 0 aliphatic heterocycles. The summed E-state index contributed by atoms with van der Waals surface area (Å²) in [5, 5.41) is 0.733. The first kappa shape index (κ1) is 15.4. The van der Waals surface area contributed by atoms with Gasteiger partial charge in [-0.25, -0.2) is 0 Å². The van der Waals surface area contributed by atoms with Crippen molar-refractivity contribution in [2.45, 2.75) is 49.3 Å². The second-order valence-electron chi connectivity index (χ2n) is 5.58. The summed E-state index contributed by atoms with van der Waals surface area (Å²) in [7, 11) is 0. The van der Waals surface area contributed by atoms with Crippen LogP contribution in [0.25, 0.3) is 0 Å². The van der Waals surface area contributed by atoms with Gasteiger partial charge in [0.25, 0.3) is 0 Å². The van der Waals surface area contributed by atoms with Crippen LogP contribution in [0.2, 0.25) is 0 Å². The molecule has 1 saturated carbocycles. The molecule has 1 fully saturated rings. The number of thioether (sulfide) groups is 1. The number of carbonyl (C=O) groups is 1. The highest BCUT2D eigenvalue weighted by atomic mass is 32.2. The Morgan fingerprint density at radius 3 is 2.45 bits per heavy atom. The Kier molecular flexibility index (Phi) is 5.49. The molecular formula is C16H24N2OS. The molecule has 110 valence electrons. The minimum Gasteiger partial charge on any atom is -0.368 e. The molecule has 1 amide bonds. The predicted molar refractivity (Wildman–Crippen MR) is 85.4 cm³/mol. The van der Waals surface area contributed by atoms with Crippen molar-refractivity contribution in [3.05, 3.63) is 35.9 Å². The Morgan fingerprint density at radius 2 is 1.85 bits per heavy atom. The zero-order valence-corrected chi connectivity index (χ0v) is 12.7. The molecule has 2 rings (SSSR count). The molecule has 1 aliphatic rings. The van der Waals surface area contributed by atoms with Gasteiger partial charge in [-0.05, 0) is 30.6 Å². The van der Waals surface area contributed by atoms with Crippen molar-refractivity contribution < 1.29 is 4.79 Å². The lowest BCUT2D eigenvalue weighted by atomic mass is 9.88. The number of hydrogen-bond acceptors (Lipinski definition) is 3. The van der Waals surface area contributed by atoms with Gasteiger partial charge >= 0.3 is 0 Å². The van der Waals surface area contributed by atoms with Crippen molar-refractivity contribution in [3.8, 4) is 0 Å². The topological polar surface area (TPSA) is 69.1 Å². The van der Waals surface area contributed by atoms with E-state index in [2.05, 4.69) is 0 Å². The average molecular weight is 292 g/mol. The largest absolute Gasteiger partial charge is 0.368 e. The normalized spacial score (nSPS) is 19.4. The van der Waals surface area contributed by atoms with Crippen LogP contribution < -0.4 is 11.5 Å². The Balaban J connectivity index is 1.94. The van der Waals surface area contributed by atoms with Crippen molar-refractivity contribution in [1.82, 2.24) is 0 Å². The molecule has 0 saturated heterocycles. The van der Waals surface area contributed by atoms with E-state index in [1.54, 1.807) is 0 Å². The minimum absolute atomic E-state index is 0.437. The molecule has 0 spiro atoms. The van der Waals surface area contributed by atoms with Gasteiger partial charge in [-0.1, -0.05) is 49.6 Å². The first-order valence-electron chi connectivity index (χ1n) is 7.39. The second-order valence-corrected chi connectivity index (χ2v) is 6.99. The highest BCUT2D eigenvalue weighted by molar-refractivity contribution is 7.99. The van der Waals surface area contributed by atoms with Crippen LogP contribution in [0.1, 0.15) is 44.1 Å². The molecule has 4 heteroatoms. The van der Waals surface area contributed by atoms with E-state index in [1.165, 1.54) is 32.1 Å². The highest BCUT2D eigenvalue weighted by Gasteiger charge is 2.33. The zero-order chi connectivity index (χ0) is 14.4. The smallest absolute Gasteiger partial charge is 0.242 e. The summed E-state index contributed by atoms with van der Waals surface area (Å²) in [6, 6.07) is 9.48. The van der Waals surface area contributed by atoms with Crippen LogP contribution >= 0.6 is 11.8 Å². The predicted octanol–water partition coefficient (Wildman–Crippen LogP) is 2.78. The molecule has 0 heterocycles. The second kappa shape index (κ2) is 7.14. The number of rotatable bonds is 6. The number of nitrogens with two attached hydrogens (primary N) is 2. The monoisotopic (exact) mass is 292 g/mol. The molecule has 1 atom stereocenters. The molecule has 1 unspecified atom stereocenters. The van der Waals surface area contributed by atoms with Crippen molar-refractivity contribution in [2.75, 3.05) is 5.75 Å². The maximum absolute atomic E-state index is 11.8. The standard InChI is InChI=1S/C16H24N2OS/c17-15(19)16(18,13-7-3-1-4-8-13)11-12-20-14-9-5-2-6-10-14/h1,3-4,7-8,14H,2,5-6,9-12,18H2,(H2,17,19). The lowest BCUT2D eigenvalue weighted by Gasteiger charge is -2.28. The first-order chi connectivity index (χ1) is 9.63. The third kappa shape index (κ3) is 3.76. The van der Waals surface area contributed by atoms with E-state index in [4.69, 9.17) is 11.5 Å². The molecule has 1 aromatic rings. The number of benzene rings is 1. The molecule has 0 radical (unpaired) electrons. The maximum Gasteiger partial charge on any atom is 0.242 e. The summed E-state index contributed by atoms with van der Waals surface area (Å²) < 4.78 is 0. The van der Waals surface area contributed by atoms with Gasteiger partial charge in [0.1, 0.15) is 5.54 Å². The van der Waals surface area contributed by atoms with Gasteiger partial charge in [0, 0.05) is 5.25 Å². The van der Waals surface area contributed by atoms with Crippen LogP contribution in [0.5, 0.6) is 0 Å². The van der Waals surface area contributed by atoms with E-state index >= 15 is 0 Å². The van der Waals surface area contributed by atoms with Crippen LogP contribution in [0, 0.1) is 0 Å². The van der Waals surface area contributed by atoms with E-state index < -0.39 is 11.4 Å². The Hall–Kier alpha value is -1.00. The lowest BCUT2D eigenvalue weighted by molar-refractivity contribution is -0.123. The number of primary amides is 1. The Labute approximate surface area is 125 Å². The first-order valence-corrected chi connectivity index (χ1v) is 8.44. The summed E-state index contributed by atoms with van der Waals surface area (Å²) in [5.41, 5.74) is 11.6. The summed E-state index contributed by atoms with van der Waals surface area (Å²) >= 11 is 1.95. The van der Waals surface area contributed by atoms with Gasteiger partial charge in [0.15, 0.2) is 0 Å². The quantitative estimate of drug-likeness (QED) is 0.847. The number of amides is 1. The van der Waals surface area contributed by atoms with Crippen molar-refractivity contribution >= 4 is 17.7 Å². The fourth-order valence-corrected chi connectivity index (χ4v) is 4.20.